The second-order valence-corrected chi connectivity index (χ2v) is 7.73. The molecule has 1 aromatic carbocycles. The van der Waals surface area contributed by atoms with Crippen molar-refractivity contribution in [3.8, 4) is 28.3 Å². The van der Waals surface area contributed by atoms with Gasteiger partial charge in [-0.15, -0.1) is 0 Å². The number of hydrogen-bond acceptors (Lipinski definition) is 5. The summed E-state index contributed by atoms with van der Waals surface area (Å²) in [6.07, 6.45) is 8.33. The molecule has 0 aliphatic heterocycles. The molecule has 0 unspecified atom stereocenters. The third-order valence-electron chi connectivity index (χ3n) is 4.92. The van der Waals surface area contributed by atoms with Crippen LogP contribution in [0.4, 0.5) is 0 Å². The summed E-state index contributed by atoms with van der Waals surface area (Å²) in [6.45, 7) is 0.817. The van der Waals surface area contributed by atoms with Crippen molar-refractivity contribution >= 4 is 17.3 Å². The number of nitrogens with zero attached hydrogens (tertiary/aromatic N) is 4. The van der Waals surface area contributed by atoms with Gasteiger partial charge in [-0.05, 0) is 67.5 Å². The van der Waals surface area contributed by atoms with Gasteiger partial charge in [0.05, 0.1) is 23.4 Å². The fourth-order valence-corrected chi connectivity index (χ4v) is 3.60. The third kappa shape index (κ3) is 3.36. The third-order valence-corrected chi connectivity index (χ3v) is 5.48. The SMILES string of the molecule is CSc1nccc(-c2c(-c3ccc(OCC4CC4)cc3)nn3ccccc23)n1. The lowest BCUT2D eigenvalue weighted by atomic mass is 10.0. The Balaban J connectivity index is 1.58. The number of thioether (sulfide) groups is 1. The zero-order valence-corrected chi connectivity index (χ0v) is 16.4. The highest BCUT2D eigenvalue weighted by Gasteiger charge is 2.22. The molecule has 140 valence electrons. The van der Waals surface area contributed by atoms with Crippen LogP contribution >= 0.6 is 11.8 Å². The molecular formula is C22H20N4OS. The Morgan fingerprint density at radius 2 is 1.96 bits per heavy atom. The Kier molecular flexibility index (Phi) is 4.49. The standard InChI is InChI=1S/C22H20N4OS/c1-28-22-23-12-11-18(24-22)20-19-4-2-3-13-26(19)25-21(20)16-7-9-17(10-8-16)27-14-15-5-6-15/h2-4,7-13,15H,5-6,14H2,1H3. The van der Waals surface area contributed by atoms with Crippen LogP contribution < -0.4 is 4.74 Å². The molecule has 1 aliphatic carbocycles. The molecule has 0 radical (unpaired) electrons. The molecule has 3 heterocycles. The highest BCUT2D eigenvalue weighted by atomic mass is 32.2. The molecule has 5 nitrogen and oxygen atoms in total. The molecular weight excluding hydrogens is 368 g/mol. The van der Waals surface area contributed by atoms with E-state index in [2.05, 4.69) is 23.2 Å². The monoisotopic (exact) mass is 388 g/mol. The van der Waals surface area contributed by atoms with Crippen molar-refractivity contribution in [1.29, 1.82) is 0 Å². The van der Waals surface area contributed by atoms with E-state index in [0.717, 1.165) is 51.5 Å². The summed E-state index contributed by atoms with van der Waals surface area (Å²) >= 11 is 1.54. The largest absolute Gasteiger partial charge is 0.493 e. The van der Waals surface area contributed by atoms with E-state index in [1.807, 2.05) is 47.3 Å². The second-order valence-electron chi connectivity index (χ2n) is 6.96. The van der Waals surface area contributed by atoms with Gasteiger partial charge < -0.3 is 4.74 Å². The number of ether oxygens (including phenoxy) is 1. The van der Waals surface area contributed by atoms with Crippen LogP contribution in [0, 0.1) is 5.92 Å². The lowest BCUT2D eigenvalue weighted by molar-refractivity contribution is 0.300. The van der Waals surface area contributed by atoms with Crippen LogP contribution in [0.3, 0.4) is 0 Å². The number of rotatable bonds is 6. The van der Waals surface area contributed by atoms with Gasteiger partial charge in [-0.25, -0.2) is 14.5 Å². The molecule has 1 fully saturated rings. The lowest BCUT2D eigenvalue weighted by Crippen LogP contribution is -1.98. The van der Waals surface area contributed by atoms with E-state index in [0.29, 0.717) is 0 Å². The lowest BCUT2D eigenvalue weighted by Gasteiger charge is -2.07. The van der Waals surface area contributed by atoms with Crippen LogP contribution in [-0.2, 0) is 0 Å². The van der Waals surface area contributed by atoms with Crippen molar-refractivity contribution in [2.45, 2.75) is 18.0 Å². The Hall–Kier alpha value is -2.86. The maximum Gasteiger partial charge on any atom is 0.187 e. The van der Waals surface area contributed by atoms with E-state index in [4.69, 9.17) is 14.8 Å². The van der Waals surface area contributed by atoms with Crippen LogP contribution in [0.5, 0.6) is 5.75 Å². The summed E-state index contributed by atoms with van der Waals surface area (Å²) < 4.78 is 7.78. The predicted octanol–water partition coefficient (Wildman–Crippen LogP) is 4.97. The molecule has 1 aliphatic rings. The smallest absolute Gasteiger partial charge is 0.187 e. The second kappa shape index (κ2) is 7.28. The zero-order valence-electron chi connectivity index (χ0n) is 15.6. The van der Waals surface area contributed by atoms with Crippen molar-refractivity contribution in [2.24, 2.45) is 5.92 Å². The summed E-state index contributed by atoms with van der Waals surface area (Å²) in [5.74, 6) is 1.65. The first-order valence-electron chi connectivity index (χ1n) is 9.40. The van der Waals surface area contributed by atoms with Crippen molar-refractivity contribution in [1.82, 2.24) is 19.6 Å². The minimum Gasteiger partial charge on any atom is -0.493 e. The highest BCUT2D eigenvalue weighted by molar-refractivity contribution is 7.98. The van der Waals surface area contributed by atoms with E-state index in [-0.39, 0.29) is 0 Å². The van der Waals surface area contributed by atoms with E-state index in [1.165, 1.54) is 24.6 Å². The van der Waals surface area contributed by atoms with E-state index < -0.39 is 0 Å². The molecule has 0 saturated heterocycles. The van der Waals surface area contributed by atoms with Gasteiger partial charge in [0, 0.05) is 18.0 Å². The summed E-state index contributed by atoms with van der Waals surface area (Å²) in [7, 11) is 0. The van der Waals surface area contributed by atoms with Crippen LogP contribution in [0.2, 0.25) is 0 Å². The number of pyridine rings is 1. The maximum atomic E-state index is 5.88. The fraction of sp³-hybridized carbons (Fsp3) is 0.227. The van der Waals surface area contributed by atoms with Gasteiger partial charge in [0.1, 0.15) is 11.4 Å². The summed E-state index contributed by atoms with van der Waals surface area (Å²) in [5.41, 5.74) is 4.87. The molecule has 0 bridgehead atoms. The van der Waals surface area contributed by atoms with Crippen molar-refractivity contribution in [3.63, 3.8) is 0 Å². The van der Waals surface area contributed by atoms with Gasteiger partial charge in [0.2, 0.25) is 0 Å². The average molecular weight is 388 g/mol. The minimum absolute atomic E-state index is 0.744. The van der Waals surface area contributed by atoms with Crippen LogP contribution in [0.1, 0.15) is 12.8 Å². The summed E-state index contributed by atoms with van der Waals surface area (Å²) in [5, 5.41) is 5.59. The Bertz CT molecular complexity index is 1120. The van der Waals surface area contributed by atoms with Crippen LogP contribution in [0.15, 0.2) is 66.1 Å². The van der Waals surface area contributed by atoms with Crippen LogP contribution in [0.25, 0.3) is 28.0 Å². The molecule has 0 N–H and O–H groups in total. The molecule has 5 rings (SSSR count). The number of benzene rings is 1. The van der Waals surface area contributed by atoms with Gasteiger partial charge in [-0.3, -0.25) is 0 Å². The van der Waals surface area contributed by atoms with E-state index in [1.54, 1.807) is 6.20 Å². The molecule has 4 aromatic rings. The molecule has 3 aromatic heterocycles. The summed E-state index contributed by atoms with van der Waals surface area (Å²) in [6, 6.07) is 16.2. The molecule has 0 amide bonds. The molecule has 6 heteroatoms. The van der Waals surface area contributed by atoms with Gasteiger partial charge in [0.25, 0.3) is 0 Å². The van der Waals surface area contributed by atoms with E-state index in [9.17, 15) is 0 Å². The molecule has 0 atom stereocenters. The number of fused-ring (bicyclic) bond motifs is 1. The quantitative estimate of drug-likeness (QED) is 0.345. The zero-order chi connectivity index (χ0) is 18.9. The van der Waals surface area contributed by atoms with Crippen molar-refractivity contribution < 1.29 is 4.74 Å². The van der Waals surface area contributed by atoms with Gasteiger partial charge in [-0.1, -0.05) is 17.8 Å². The first-order chi connectivity index (χ1) is 13.8. The highest BCUT2D eigenvalue weighted by Crippen LogP contribution is 2.35. The minimum atomic E-state index is 0.744. The molecule has 0 spiro atoms. The first kappa shape index (κ1) is 17.3. The van der Waals surface area contributed by atoms with Crippen molar-refractivity contribution in [2.75, 3.05) is 12.9 Å². The average Bonchev–Trinajstić information content (AvgIpc) is 3.50. The Morgan fingerprint density at radius 3 is 2.75 bits per heavy atom. The molecule has 1 saturated carbocycles. The van der Waals surface area contributed by atoms with E-state index >= 15 is 0 Å². The molecule has 28 heavy (non-hydrogen) atoms. The first-order valence-corrected chi connectivity index (χ1v) is 10.6. The summed E-state index contributed by atoms with van der Waals surface area (Å²) in [4.78, 5) is 9.03. The van der Waals surface area contributed by atoms with Gasteiger partial charge in [0.15, 0.2) is 5.16 Å². The number of hydrogen-bond donors (Lipinski definition) is 0. The van der Waals surface area contributed by atoms with Gasteiger partial charge in [-0.2, -0.15) is 5.10 Å². The maximum absolute atomic E-state index is 5.88. The van der Waals surface area contributed by atoms with Crippen LogP contribution in [-0.4, -0.2) is 32.4 Å². The van der Waals surface area contributed by atoms with Crippen molar-refractivity contribution in [3.05, 3.63) is 60.9 Å². The topological polar surface area (TPSA) is 52.3 Å². The predicted molar refractivity (Wildman–Crippen MR) is 112 cm³/mol. The number of aromatic nitrogens is 4. The fourth-order valence-electron chi connectivity index (χ4n) is 3.24. The Labute approximate surface area is 167 Å². The normalized spacial score (nSPS) is 13.8. The van der Waals surface area contributed by atoms with Gasteiger partial charge >= 0.3 is 0 Å². The Morgan fingerprint density at radius 1 is 1.11 bits per heavy atom.